The summed E-state index contributed by atoms with van der Waals surface area (Å²) in [6.07, 6.45) is 4.68. The minimum Gasteiger partial charge on any atom is -0.323 e. The molecule has 0 atom stereocenters. The van der Waals surface area contributed by atoms with Gasteiger partial charge >= 0.3 is 0 Å². The summed E-state index contributed by atoms with van der Waals surface area (Å²) in [6, 6.07) is 48.9. The fourth-order valence-corrected chi connectivity index (χ4v) is 7.74. The number of fused-ring (bicyclic) bond motifs is 6. The predicted octanol–water partition coefficient (Wildman–Crippen LogP) is 7.44. The molecule has 200 valence electrons. The molecule has 3 heterocycles. The first-order chi connectivity index (χ1) is 20.9. The maximum atomic E-state index is 2.64. The lowest BCUT2D eigenvalue weighted by Gasteiger charge is -2.43. The highest BCUT2D eigenvalue weighted by atomic mass is 15.2. The first-order valence-electron chi connectivity index (χ1n) is 15.1. The molecule has 0 amide bonds. The van der Waals surface area contributed by atoms with E-state index in [9.17, 15) is 0 Å². The molecule has 0 unspecified atom stereocenters. The SMILES string of the molecule is c1ccc(N2c3ccccc3B3c4c2cccc4N(c2ccccc2)c2c4c(n(-c5ccccc5)c23)CCCC4)cc1. The van der Waals surface area contributed by atoms with Gasteiger partial charge in [0, 0.05) is 45.4 Å². The van der Waals surface area contributed by atoms with Crippen molar-refractivity contribution in [3.63, 3.8) is 0 Å². The number of nitrogens with zero attached hydrogens (tertiary/aromatic N) is 3. The van der Waals surface area contributed by atoms with Crippen LogP contribution in [-0.2, 0) is 12.8 Å². The van der Waals surface area contributed by atoms with E-state index >= 15 is 0 Å². The van der Waals surface area contributed by atoms with Crippen LogP contribution in [0.5, 0.6) is 0 Å². The highest BCUT2D eigenvalue weighted by Crippen LogP contribution is 2.47. The lowest BCUT2D eigenvalue weighted by Crippen LogP contribution is -2.63. The maximum Gasteiger partial charge on any atom is 0.273 e. The fraction of sp³-hybridized carbons (Fsp3) is 0.105. The Balaban J connectivity index is 1.44. The Morgan fingerprint density at radius 3 is 1.74 bits per heavy atom. The molecule has 0 radical (unpaired) electrons. The van der Waals surface area contributed by atoms with E-state index in [2.05, 4.69) is 148 Å². The second kappa shape index (κ2) is 9.29. The molecule has 9 rings (SSSR count). The van der Waals surface area contributed by atoms with Gasteiger partial charge in [0.1, 0.15) is 0 Å². The number of hydrogen-bond acceptors (Lipinski definition) is 2. The molecule has 0 N–H and O–H groups in total. The number of rotatable bonds is 3. The third kappa shape index (κ3) is 3.29. The van der Waals surface area contributed by atoms with E-state index in [-0.39, 0.29) is 6.71 Å². The molecule has 6 aromatic rings. The monoisotopic (exact) mass is 539 g/mol. The molecule has 3 nitrogen and oxygen atoms in total. The number of para-hydroxylation sites is 4. The summed E-state index contributed by atoms with van der Waals surface area (Å²) in [7, 11) is 0. The summed E-state index contributed by atoms with van der Waals surface area (Å²) in [5.74, 6) is 0. The van der Waals surface area contributed by atoms with Crippen molar-refractivity contribution < 1.29 is 0 Å². The molecule has 1 aromatic heterocycles. The number of hydrogen-bond donors (Lipinski definition) is 0. The highest BCUT2D eigenvalue weighted by molar-refractivity contribution is 7.00. The van der Waals surface area contributed by atoms with Crippen molar-refractivity contribution in [2.45, 2.75) is 25.7 Å². The average molecular weight is 539 g/mol. The van der Waals surface area contributed by atoms with Gasteiger partial charge in [-0.15, -0.1) is 0 Å². The van der Waals surface area contributed by atoms with Crippen LogP contribution in [0.25, 0.3) is 5.69 Å². The zero-order valence-corrected chi connectivity index (χ0v) is 23.4. The summed E-state index contributed by atoms with van der Waals surface area (Å²) in [5, 5.41) is 0. The van der Waals surface area contributed by atoms with Gasteiger partial charge in [-0.3, -0.25) is 0 Å². The number of aromatic nitrogens is 1. The number of benzene rings is 5. The van der Waals surface area contributed by atoms with E-state index < -0.39 is 0 Å². The molecule has 5 aromatic carbocycles. The zero-order valence-electron chi connectivity index (χ0n) is 23.4. The van der Waals surface area contributed by atoms with Gasteiger partial charge < -0.3 is 14.4 Å². The summed E-state index contributed by atoms with van der Waals surface area (Å²) < 4.78 is 2.64. The van der Waals surface area contributed by atoms with E-state index in [1.807, 2.05) is 0 Å². The molecule has 0 saturated carbocycles. The topological polar surface area (TPSA) is 11.4 Å². The van der Waals surface area contributed by atoms with Crippen LogP contribution >= 0.6 is 0 Å². The van der Waals surface area contributed by atoms with Crippen molar-refractivity contribution in [2.75, 3.05) is 9.80 Å². The van der Waals surface area contributed by atoms with Gasteiger partial charge in [0.2, 0.25) is 0 Å². The van der Waals surface area contributed by atoms with Crippen LogP contribution in [0.3, 0.4) is 0 Å². The first-order valence-corrected chi connectivity index (χ1v) is 15.1. The minimum absolute atomic E-state index is 0.119. The first kappa shape index (κ1) is 23.7. The van der Waals surface area contributed by atoms with Gasteiger partial charge in [0.25, 0.3) is 6.71 Å². The third-order valence-electron chi connectivity index (χ3n) is 9.34. The van der Waals surface area contributed by atoms with Crippen molar-refractivity contribution >= 4 is 57.4 Å². The van der Waals surface area contributed by atoms with E-state index in [1.54, 1.807) is 0 Å². The Morgan fingerprint density at radius 1 is 0.476 bits per heavy atom. The summed E-state index contributed by atoms with van der Waals surface area (Å²) in [5.41, 5.74) is 16.0. The molecular weight excluding hydrogens is 509 g/mol. The molecule has 0 fully saturated rings. The van der Waals surface area contributed by atoms with E-state index in [0.717, 1.165) is 12.8 Å². The van der Waals surface area contributed by atoms with Gasteiger partial charge in [0.05, 0.1) is 5.69 Å². The Labute approximate surface area is 247 Å². The largest absolute Gasteiger partial charge is 0.323 e. The standard InChI is InChI=1S/C38H30BN3/c1-4-15-27(16-5-1)40-33-24-13-11-22-31(33)39-36-34(40)25-14-26-35(36)41(28-17-6-2-7-18-28)37-30-21-10-12-23-32(30)42(38(37)39)29-19-8-3-9-20-29/h1-9,11,13-20,22,24-26H,10,12,21,23H2. The van der Waals surface area contributed by atoms with Gasteiger partial charge in [-0.2, -0.15) is 0 Å². The Kier molecular flexibility index (Phi) is 5.24. The smallest absolute Gasteiger partial charge is 0.273 e. The second-order valence-corrected chi connectivity index (χ2v) is 11.6. The van der Waals surface area contributed by atoms with Crippen LogP contribution in [0.1, 0.15) is 24.1 Å². The summed E-state index contributed by atoms with van der Waals surface area (Å²) >= 11 is 0. The van der Waals surface area contributed by atoms with Crippen molar-refractivity contribution in [1.82, 2.24) is 4.57 Å². The molecule has 0 bridgehead atoms. The van der Waals surface area contributed by atoms with Crippen LogP contribution in [0.2, 0.25) is 0 Å². The third-order valence-corrected chi connectivity index (χ3v) is 9.34. The maximum absolute atomic E-state index is 2.64. The van der Waals surface area contributed by atoms with Crippen molar-refractivity contribution in [2.24, 2.45) is 0 Å². The van der Waals surface area contributed by atoms with Crippen LogP contribution in [0.15, 0.2) is 133 Å². The highest BCUT2D eigenvalue weighted by Gasteiger charge is 2.47. The quantitative estimate of drug-likeness (QED) is 0.216. The van der Waals surface area contributed by atoms with Crippen LogP contribution in [-0.4, -0.2) is 11.3 Å². The van der Waals surface area contributed by atoms with Gasteiger partial charge in [0.15, 0.2) is 0 Å². The molecule has 42 heavy (non-hydrogen) atoms. The Bertz CT molecular complexity index is 1950. The second-order valence-electron chi connectivity index (χ2n) is 11.6. The van der Waals surface area contributed by atoms with E-state index in [1.165, 1.54) is 80.4 Å². The van der Waals surface area contributed by atoms with Crippen LogP contribution in [0.4, 0.5) is 34.1 Å². The minimum atomic E-state index is 0.119. The average Bonchev–Trinajstić information content (AvgIpc) is 3.41. The van der Waals surface area contributed by atoms with Crippen molar-refractivity contribution in [1.29, 1.82) is 0 Å². The van der Waals surface area contributed by atoms with Crippen molar-refractivity contribution in [3.05, 3.63) is 145 Å². The Hall–Kier alpha value is -4.96. The normalized spacial score (nSPS) is 14.6. The molecule has 0 saturated heterocycles. The molecule has 0 spiro atoms. The fourth-order valence-electron chi connectivity index (χ4n) is 7.74. The lowest BCUT2D eigenvalue weighted by molar-refractivity contribution is 0.664. The van der Waals surface area contributed by atoms with Crippen molar-refractivity contribution in [3.8, 4) is 5.69 Å². The van der Waals surface area contributed by atoms with Crippen LogP contribution < -0.4 is 26.3 Å². The molecule has 4 heteroatoms. The lowest BCUT2D eigenvalue weighted by atomic mass is 9.35. The number of anilines is 6. The summed E-state index contributed by atoms with van der Waals surface area (Å²) in [6.45, 7) is 0.119. The van der Waals surface area contributed by atoms with E-state index in [4.69, 9.17) is 0 Å². The molecule has 1 aliphatic carbocycles. The van der Waals surface area contributed by atoms with Gasteiger partial charge in [-0.05, 0) is 96.8 Å². The van der Waals surface area contributed by atoms with Gasteiger partial charge in [-0.25, -0.2) is 0 Å². The zero-order chi connectivity index (χ0) is 27.6. The molecule has 3 aliphatic rings. The van der Waals surface area contributed by atoms with Crippen LogP contribution in [0, 0.1) is 0 Å². The van der Waals surface area contributed by atoms with E-state index in [0.29, 0.717) is 0 Å². The molecular formula is C38H30BN3. The predicted molar refractivity (Wildman–Crippen MR) is 176 cm³/mol. The van der Waals surface area contributed by atoms with Gasteiger partial charge in [-0.1, -0.05) is 78.9 Å². The Morgan fingerprint density at radius 2 is 1.02 bits per heavy atom. The molecule has 2 aliphatic heterocycles. The summed E-state index contributed by atoms with van der Waals surface area (Å²) in [4.78, 5) is 5.04.